The highest BCUT2D eigenvalue weighted by atomic mass is 16.3. The molecular formula is C54H36N2O. The number of aromatic nitrogens is 1. The van der Waals surface area contributed by atoms with E-state index in [0.29, 0.717) is 0 Å². The summed E-state index contributed by atoms with van der Waals surface area (Å²) >= 11 is 0. The lowest BCUT2D eigenvalue weighted by atomic mass is 9.99. The predicted octanol–water partition coefficient (Wildman–Crippen LogP) is 15.2. The number of nitrogens with zero attached hydrogens (tertiary/aromatic N) is 2. The van der Waals surface area contributed by atoms with E-state index in [9.17, 15) is 0 Å². The Bertz CT molecular complexity index is 3200. The van der Waals surface area contributed by atoms with Gasteiger partial charge in [0.15, 0.2) is 5.58 Å². The van der Waals surface area contributed by atoms with Crippen molar-refractivity contribution < 1.29 is 4.42 Å². The van der Waals surface area contributed by atoms with Crippen LogP contribution in [-0.4, -0.2) is 4.57 Å². The van der Waals surface area contributed by atoms with Crippen molar-refractivity contribution in [1.82, 2.24) is 4.57 Å². The lowest BCUT2D eigenvalue weighted by molar-refractivity contribution is 0.671. The maximum atomic E-state index is 6.92. The van der Waals surface area contributed by atoms with E-state index >= 15 is 0 Å². The predicted molar refractivity (Wildman–Crippen MR) is 239 cm³/mol. The normalized spacial score (nSPS) is 11.5. The first-order valence-corrected chi connectivity index (χ1v) is 19.4. The van der Waals surface area contributed by atoms with Crippen molar-refractivity contribution in [2.45, 2.75) is 0 Å². The van der Waals surface area contributed by atoms with Gasteiger partial charge < -0.3 is 13.9 Å². The van der Waals surface area contributed by atoms with Crippen LogP contribution in [0.2, 0.25) is 0 Å². The summed E-state index contributed by atoms with van der Waals surface area (Å²) in [5.74, 6) is 0. The van der Waals surface area contributed by atoms with E-state index in [1.54, 1.807) is 0 Å². The summed E-state index contributed by atoms with van der Waals surface area (Å²) in [5, 5.41) is 4.43. The average Bonchev–Trinajstić information content (AvgIpc) is 3.84. The number of para-hydroxylation sites is 3. The second kappa shape index (κ2) is 13.6. The monoisotopic (exact) mass is 728 g/mol. The lowest BCUT2D eigenvalue weighted by Crippen LogP contribution is -2.12. The third-order valence-corrected chi connectivity index (χ3v) is 11.2. The van der Waals surface area contributed by atoms with E-state index < -0.39 is 0 Å². The molecule has 2 aromatic heterocycles. The van der Waals surface area contributed by atoms with E-state index in [4.69, 9.17) is 4.42 Å². The summed E-state index contributed by atoms with van der Waals surface area (Å²) in [6.07, 6.45) is 0. The van der Waals surface area contributed by atoms with Crippen LogP contribution in [-0.2, 0) is 0 Å². The molecule has 0 spiro atoms. The maximum absolute atomic E-state index is 6.92. The first-order chi connectivity index (χ1) is 28.3. The van der Waals surface area contributed by atoms with Crippen molar-refractivity contribution in [2.75, 3.05) is 4.90 Å². The standard InChI is InChI=1S/C54H36N2O/c1-4-16-37(17-5-1)39-28-32-42(33-29-39)55(48-25-13-10-22-44(48)41-20-8-3-9-21-41)50-36-47-45-23-12-15-27-51(45)57-54(47)53-52(50)46-24-11-14-26-49(46)56(53)43-34-30-40(31-35-43)38-18-6-2-7-19-38/h1-36H. The smallest absolute Gasteiger partial charge is 0.160 e. The van der Waals surface area contributed by atoms with Crippen molar-refractivity contribution in [1.29, 1.82) is 0 Å². The van der Waals surface area contributed by atoms with Crippen molar-refractivity contribution in [3.05, 3.63) is 218 Å². The lowest BCUT2D eigenvalue weighted by Gasteiger charge is -2.29. The molecule has 3 heteroatoms. The van der Waals surface area contributed by atoms with Crippen LogP contribution in [0.25, 0.3) is 82.8 Å². The number of hydrogen-bond donors (Lipinski definition) is 0. The zero-order valence-electron chi connectivity index (χ0n) is 31.1. The second-order valence-corrected chi connectivity index (χ2v) is 14.5. The molecule has 0 bridgehead atoms. The molecule has 0 aliphatic heterocycles. The van der Waals surface area contributed by atoms with E-state index in [2.05, 4.69) is 228 Å². The highest BCUT2D eigenvalue weighted by Gasteiger charge is 2.27. The fourth-order valence-corrected chi connectivity index (χ4v) is 8.56. The molecule has 0 unspecified atom stereocenters. The Kier molecular flexibility index (Phi) is 7.82. The minimum Gasteiger partial charge on any atom is -0.454 e. The molecule has 11 rings (SSSR count). The molecule has 0 radical (unpaired) electrons. The van der Waals surface area contributed by atoms with Gasteiger partial charge in [-0.1, -0.05) is 170 Å². The van der Waals surface area contributed by atoms with Crippen molar-refractivity contribution in [3.63, 3.8) is 0 Å². The molecule has 0 amide bonds. The van der Waals surface area contributed by atoms with Gasteiger partial charge >= 0.3 is 0 Å². The third-order valence-electron chi connectivity index (χ3n) is 11.2. The molecule has 0 fully saturated rings. The summed E-state index contributed by atoms with van der Waals surface area (Å²) in [6, 6.07) is 78.1. The molecule has 2 heterocycles. The van der Waals surface area contributed by atoms with Gasteiger partial charge in [-0.05, 0) is 76.3 Å². The van der Waals surface area contributed by atoms with Gasteiger partial charge in [0.1, 0.15) is 5.58 Å². The van der Waals surface area contributed by atoms with Gasteiger partial charge in [-0.3, -0.25) is 0 Å². The van der Waals surface area contributed by atoms with Gasteiger partial charge in [-0.25, -0.2) is 0 Å². The SMILES string of the molecule is c1ccc(-c2ccc(N(c3ccccc3-c3ccccc3)c3cc4c5ccccc5oc4c4c3c3ccccc3n4-c3ccc(-c4ccccc4)cc3)cc2)cc1. The molecule has 0 aliphatic carbocycles. The van der Waals surface area contributed by atoms with Crippen molar-refractivity contribution >= 4 is 60.8 Å². The molecule has 9 aromatic carbocycles. The first-order valence-electron chi connectivity index (χ1n) is 19.4. The topological polar surface area (TPSA) is 21.3 Å². The largest absolute Gasteiger partial charge is 0.454 e. The van der Waals surface area contributed by atoms with E-state index in [1.165, 1.54) is 22.3 Å². The van der Waals surface area contributed by atoms with Gasteiger partial charge in [0.2, 0.25) is 0 Å². The molecule has 268 valence electrons. The van der Waals surface area contributed by atoms with Crippen LogP contribution in [0.1, 0.15) is 0 Å². The molecule has 3 nitrogen and oxygen atoms in total. The molecule has 11 aromatic rings. The fourth-order valence-electron chi connectivity index (χ4n) is 8.56. The molecule has 57 heavy (non-hydrogen) atoms. The van der Waals surface area contributed by atoms with Gasteiger partial charge in [0, 0.05) is 38.5 Å². The molecule has 0 atom stereocenters. The number of anilines is 3. The Balaban J connectivity index is 1.25. The van der Waals surface area contributed by atoms with E-state index in [1.807, 2.05) is 0 Å². The third kappa shape index (κ3) is 5.51. The average molecular weight is 729 g/mol. The van der Waals surface area contributed by atoms with Crippen molar-refractivity contribution in [2.24, 2.45) is 0 Å². The van der Waals surface area contributed by atoms with Crippen LogP contribution in [0.15, 0.2) is 223 Å². The minimum absolute atomic E-state index is 0.866. The van der Waals surface area contributed by atoms with Gasteiger partial charge in [0.05, 0.1) is 22.4 Å². The van der Waals surface area contributed by atoms with Gasteiger partial charge in [0.25, 0.3) is 0 Å². The fraction of sp³-hybridized carbons (Fsp3) is 0. The Hall–Kier alpha value is -7.62. The van der Waals surface area contributed by atoms with Crippen LogP contribution >= 0.6 is 0 Å². The number of hydrogen-bond acceptors (Lipinski definition) is 2. The zero-order valence-corrected chi connectivity index (χ0v) is 31.1. The Labute approximate surface area is 330 Å². The van der Waals surface area contributed by atoms with Crippen LogP contribution < -0.4 is 4.90 Å². The summed E-state index contributed by atoms with van der Waals surface area (Å²) in [5.41, 5.74) is 15.2. The molecule has 0 saturated carbocycles. The number of benzene rings is 9. The summed E-state index contributed by atoms with van der Waals surface area (Å²) in [6.45, 7) is 0. The Morgan fingerprint density at radius 3 is 1.60 bits per heavy atom. The van der Waals surface area contributed by atoms with E-state index in [0.717, 1.165) is 77.6 Å². The number of fused-ring (bicyclic) bond motifs is 7. The highest BCUT2D eigenvalue weighted by molar-refractivity contribution is 6.27. The highest BCUT2D eigenvalue weighted by Crippen LogP contribution is 2.50. The first kappa shape index (κ1) is 32.8. The van der Waals surface area contributed by atoms with Gasteiger partial charge in [-0.2, -0.15) is 0 Å². The maximum Gasteiger partial charge on any atom is 0.160 e. The second-order valence-electron chi connectivity index (χ2n) is 14.5. The molecular weight excluding hydrogens is 693 g/mol. The summed E-state index contributed by atoms with van der Waals surface area (Å²) < 4.78 is 9.31. The quantitative estimate of drug-likeness (QED) is 0.163. The van der Waals surface area contributed by atoms with Crippen LogP contribution in [0.4, 0.5) is 17.1 Å². The number of furan rings is 1. The zero-order chi connectivity index (χ0) is 37.7. The summed E-state index contributed by atoms with van der Waals surface area (Å²) in [4.78, 5) is 2.45. The van der Waals surface area contributed by atoms with Crippen molar-refractivity contribution in [3.8, 4) is 39.1 Å². The number of rotatable bonds is 7. The Morgan fingerprint density at radius 1 is 0.386 bits per heavy atom. The van der Waals surface area contributed by atoms with Crippen LogP contribution in [0.5, 0.6) is 0 Å². The molecule has 0 saturated heterocycles. The molecule has 0 N–H and O–H groups in total. The van der Waals surface area contributed by atoms with E-state index in [-0.39, 0.29) is 0 Å². The van der Waals surface area contributed by atoms with Gasteiger partial charge in [-0.15, -0.1) is 0 Å². The Morgan fingerprint density at radius 2 is 0.912 bits per heavy atom. The molecule has 0 aliphatic rings. The minimum atomic E-state index is 0.866. The van der Waals surface area contributed by atoms with Crippen LogP contribution in [0.3, 0.4) is 0 Å². The summed E-state index contributed by atoms with van der Waals surface area (Å²) in [7, 11) is 0. The van der Waals surface area contributed by atoms with Crippen LogP contribution in [0, 0.1) is 0 Å².